The molecular formula is C71H135NO5. The quantitative estimate of drug-likeness (QED) is 0.0320. The van der Waals surface area contributed by atoms with E-state index in [4.69, 9.17) is 4.74 Å². The highest BCUT2D eigenvalue weighted by Crippen LogP contribution is 2.18. The Morgan fingerprint density at radius 1 is 0.364 bits per heavy atom. The minimum absolute atomic E-state index is 0.000978. The van der Waals surface area contributed by atoms with E-state index < -0.39 is 12.1 Å². The van der Waals surface area contributed by atoms with Gasteiger partial charge in [-0.1, -0.05) is 320 Å². The Morgan fingerprint density at radius 2 is 0.649 bits per heavy atom. The average molecular weight is 1080 g/mol. The summed E-state index contributed by atoms with van der Waals surface area (Å²) in [5, 5.41) is 23.4. The van der Waals surface area contributed by atoms with E-state index in [1.807, 2.05) is 0 Å². The highest BCUT2D eigenvalue weighted by atomic mass is 16.5. The molecular weight excluding hydrogens is 947 g/mol. The van der Waals surface area contributed by atoms with Crippen LogP contribution in [0.1, 0.15) is 380 Å². The molecule has 0 aliphatic rings. The Morgan fingerprint density at radius 3 is 1.03 bits per heavy atom. The molecule has 1 amide bonds. The van der Waals surface area contributed by atoms with E-state index in [9.17, 15) is 19.8 Å². The Labute approximate surface area is 481 Å². The van der Waals surface area contributed by atoms with Crippen molar-refractivity contribution in [2.24, 2.45) is 0 Å². The molecule has 0 saturated heterocycles. The molecule has 6 heteroatoms. The molecule has 0 aromatic rings. The zero-order chi connectivity index (χ0) is 55.7. The topological polar surface area (TPSA) is 95.9 Å². The second kappa shape index (κ2) is 66.6. The standard InChI is InChI=1S/C71H135NO5/c1-3-5-7-9-11-13-15-17-19-20-21-26-29-32-36-39-43-47-51-55-59-63-69(74)68(67-73)72-70(75)64-60-56-52-48-44-40-37-33-30-27-24-22-23-25-28-31-34-38-42-46-50-54-58-62-66-77-71(76)65-61-57-53-49-45-41-35-18-16-14-12-10-8-6-4-2/h12,14,18,24,27,35,68-69,73-74H,3-11,13,15-17,19-23,25-26,28-34,36-67H2,1-2H3,(H,72,75)/b14-12-,27-24-,35-18-. The first-order valence-electron chi connectivity index (χ1n) is 34.7. The molecule has 2 unspecified atom stereocenters. The number of amides is 1. The fourth-order valence-electron chi connectivity index (χ4n) is 10.8. The summed E-state index contributed by atoms with van der Waals surface area (Å²) in [7, 11) is 0. The van der Waals surface area contributed by atoms with Crippen molar-refractivity contribution in [1.82, 2.24) is 5.32 Å². The number of aliphatic hydroxyl groups excluding tert-OH is 2. The fraction of sp³-hybridized carbons (Fsp3) is 0.887. The Balaban J connectivity index is 3.41. The van der Waals surface area contributed by atoms with Gasteiger partial charge in [0.15, 0.2) is 0 Å². The van der Waals surface area contributed by atoms with E-state index in [0.717, 1.165) is 51.4 Å². The van der Waals surface area contributed by atoms with Crippen LogP contribution < -0.4 is 5.32 Å². The summed E-state index contributed by atoms with van der Waals surface area (Å²) in [5.41, 5.74) is 0. The molecule has 0 aromatic carbocycles. The minimum atomic E-state index is -0.669. The number of esters is 1. The van der Waals surface area contributed by atoms with Crippen LogP contribution >= 0.6 is 0 Å². The third-order valence-corrected chi connectivity index (χ3v) is 16.2. The molecule has 454 valence electrons. The van der Waals surface area contributed by atoms with Gasteiger partial charge in [0, 0.05) is 12.8 Å². The second-order valence-electron chi connectivity index (χ2n) is 23.9. The summed E-state index contributed by atoms with van der Waals surface area (Å²) in [6.07, 6.45) is 84.6. The lowest BCUT2D eigenvalue weighted by molar-refractivity contribution is -0.143. The minimum Gasteiger partial charge on any atom is -0.466 e. The van der Waals surface area contributed by atoms with Gasteiger partial charge in [-0.05, 0) is 83.5 Å². The van der Waals surface area contributed by atoms with Crippen LogP contribution in [0.25, 0.3) is 0 Å². The predicted octanol–water partition coefficient (Wildman–Crippen LogP) is 22.3. The smallest absolute Gasteiger partial charge is 0.305 e. The summed E-state index contributed by atoms with van der Waals surface area (Å²) in [4.78, 5) is 24.6. The normalized spacial score (nSPS) is 12.7. The van der Waals surface area contributed by atoms with E-state index >= 15 is 0 Å². The summed E-state index contributed by atoms with van der Waals surface area (Å²) >= 11 is 0. The maximum absolute atomic E-state index is 12.5. The van der Waals surface area contributed by atoms with Gasteiger partial charge in [-0.2, -0.15) is 0 Å². The maximum Gasteiger partial charge on any atom is 0.305 e. The van der Waals surface area contributed by atoms with Gasteiger partial charge in [0.2, 0.25) is 5.91 Å². The predicted molar refractivity (Wildman–Crippen MR) is 338 cm³/mol. The Kier molecular flexibility index (Phi) is 64.9. The van der Waals surface area contributed by atoms with Crippen LogP contribution in [0.5, 0.6) is 0 Å². The SMILES string of the molecule is CCCCC/C=C\C/C=C\CCCCCCCC(=O)OCCCCCCCCCCCCCC/C=C\CCCCCCCCCCC(=O)NC(CO)C(O)CCCCCCCCCCCCCCCCCCCCCCC. The van der Waals surface area contributed by atoms with E-state index in [1.54, 1.807) is 0 Å². The number of nitrogens with one attached hydrogen (secondary N) is 1. The van der Waals surface area contributed by atoms with Crippen LogP contribution in [-0.4, -0.2) is 47.4 Å². The van der Waals surface area contributed by atoms with Crippen LogP contribution in [0, 0.1) is 0 Å². The third-order valence-electron chi connectivity index (χ3n) is 16.2. The number of aliphatic hydroxyl groups is 2. The molecule has 0 aliphatic carbocycles. The molecule has 6 nitrogen and oxygen atoms in total. The molecule has 0 saturated carbocycles. The molecule has 0 aliphatic heterocycles. The van der Waals surface area contributed by atoms with Crippen molar-refractivity contribution >= 4 is 11.9 Å². The Hall–Kier alpha value is -1.92. The monoisotopic (exact) mass is 1080 g/mol. The number of carbonyl (C=O) groups is 2. The van der Waals surface area contributed by atoms with Gasteiger partial charge in [0.25, 0.3) is 0 Å². The van der Waals surface area contributed by atoms with E-state index in [2.05, 4.69) is 55.6 Å². The number of allylic oxidation sites excluding steroid dienone is 6. The van der Waals surface area contributed by atoms with Gasteiger partial charge >= 0.3 is 5.97 Å². The maximum atomic E-state index is 12.5. The lowest BCUT2D eigenvalue weighted by atomic mass is 10.0. The number of hydrogen-bond donors (Lipinski definition) is 3. The fourth-order valence-corrected chi connectivity index (χ4v) is 10.8. The number of carbonyl (C=O) groups excluding carboxylic acids is 2. The van der Waals surface area contributed by atoms with Crippen LogP contribution in [0.4, 0.5) is 0 Å². The largest absolute Gasteiger partial charge is 0.466 e. The van der Waals surface area contributed by atoms with Crippen LogP contribution in [0.3, 0.4) is 0 Å². The number of hydrogen-bond acceptors (Lipinski definition) is 5. The molecule has 3 N–H and O–H groups in total. The first-order valence-corrected chi connectivity index (χ1v) is 34.7. The van der Waals surface area contributed by atoms with Crippen molar-refractivity contribution in [3.63, 3.8) is 0 Å². The van der Waals surface area contributed by atoms with E-state index in [1.165, 1.54) is 295 Å². The molecule has 0 aromatic heterocycles. The summed E-state index contributed by atoms with van der Waals surface area (Å²) in [5.74, 6) is -0.0370. The van der Waals surface area contributed by atoms with Gasteiger partial charge in [-0.15, -0.1) is 0 Å². The first kappa shape index (κ1) is 75.1. The molecule has 77 heavy (non-hydrogen) atoms. The van der Waals surface area contributed by atoms with Gasteiger partial charge in [-0.25, -0.2) is 0 Å². The highest BCUT2D eigenvalue weighted by molar-refractivity contribution is 5.76. The van der Waals surface area contributed by atoms with E-state index in [-0.39, 0.29) is 18.5 Å². The molecule has 2 atom stereocenters. The summed E-state index contributed by atoms with van der Waals surface area (Å²) < 4.78 is 5.48. The average Bonchev–Trinajstić information content (AvgIpc) is 3.43. The third kappa shape index (κ3) is 63.1. The van der Waals surface area contributed by atoms with Crippen molar-refractivity contribution < 1.29 is 24.5 Å². The number of unbranched alkanes of at least 4 members (excludes halogenated alkanes) is 48. The van der Waals surface area contributed by atoms with Crippen LogP contribution in [0.15, 0.2) is 36.5 Å². The van der Waals surface area contributed by atoms with Crippen molar-refractivity contribution in [1.29, 1.82) is 0 Å². The van der Waals surface area contributed by atoms with Gasteiger partial charge in [-0.3, -0.25) is 9.59 Å². The lowest BCUT2D eigenvalue weighted by Crippen LogP contribution is -2.45. The second-order valence-corrected chi connectivity index (χ2v) is 23.9. The molecule has 0 bridgehead atoms. The highest BCUT2D eigenvalue weighted by Gasteiger charge is 2.20. The molecule has 0 fully saturated rings. The number of rotatable bonds is 65. The van der Waals surface area contributed by atoms with Crippen molar-refractivity contribution in [3.8, 4) is 0 Å². The van der Waals surface area contributed by atoms with Crippen molar-refractivity contribution in [3.05, 3.63) is 36.5 Å². The summed E-state index contributed by atoms with van der Waals surface area (Å²) in [6.45, 7) is 4.95. The molecule has 0 spiro atoms. The van der Waals surface area contributed by atoms with Gasteiger partial charge in [0.1, 0.15) is 0 Å². The molecule has 0 rings (SSSR count). The molecule has 0 heterocycles. The Bertz CT molecular complexity index is 1250. The van der Waals surface area contributed by atoms with Crippen LogP contribution in [-0.2, 0) is 14.3 Å². The first-order chi connectivity index (χ1) is 38.0. The van der Waals surface area contributed by atoms with Crippen LogP contribution in [0.2, 0.25) is 0 Å². The zero-order valence-electron chi connectivity index (χ0n) is 52.0. The van der Waals surface area contributed by atoms with Gasteiger partial charge < -0.3 is 20.3 Å². The number of ether oxygens (including phenoxy) is 1. The lowest BCUT2D eigenvalue weighted by Gasteiger charge is -2.22. The van der Waals surface area contributed by atoms with Gasteiger partial charge in [0.05, 0.1) is 25.4 Å². The van der Waals surface area contributed by atoms with Crippen molar-refractivity contribution in [2.75, 3.05) is 13.2 Å². The zero-order valence-corrected chi connectivity index (χ0v) is 52.0. The summed E-state index contributed by atoms with van der Waals surface area (Å²) in [6, 6.07) is -0.546. The van der Waals surface area contributed by atoms with Crippen molar-refractivity contribution in [2.45, 2.75) is 392 Å². The van der Waals surface area contributed by atoms with E-state index in [0.29, 0.717) is 25.9 Å². The molecule has 0 radical (unpaired) electrons.